The van der Waals surface area contributed by atoms with Gasteiger partial charge in [-0.05, 0) is 0 Å². The fourth-order valence-corrected chi connectivity index (χ4v) is 1.89. The minimum absolute atomic E-state index is 0.0833. The molecule has 1 N–H and O–H groups in total. The molecule has 1 unspecified atom stereocenters. The van der Waals surface area contributed by atoms with Gasteiger partial charge >= 0.3 is 0 Å². The molecule has 6 nitrogen and oxygen atoms in total. The second kappa shape index (κ2) is 6.51. The smallest absolute Gasteiger partial charge is 0.230 e. The van der Waals surface area contributed by atoms with Gasteiger partial charge in [-0.25, -0.2) is 0 Å². The summed E-state index contributed by atoms with van der Waals surface area (Å²) in [5.74, 6) is -0.0323. The van der Waals surface area contributed by atoms with Crippen LogP contribution >= 0.6 is 0 Å². The van der Waals surface area contributed by atoms with E-state index in [2.05, 4.69) is 0 Å². The monoisotopic (exact) mass is 306 g/mol. The van der Waals surface area contributed by atoms with E-state index in [1.54, 1.807) is 6.92 Å². The second-order valence-corrected chi connectivity index (χ2v) is 5.42. The van der Waals surface area contributed by atoms with Crippen molar-refractivity contribution >= 4 is 0 Å². The Kier molecular flexibility index (Phi) is 4.70. The Bertz CT molecular complexity index is 756. The molecule has 0 amide bonds. The van der Waals surface area contributed by atoms with Crippen molar-refractivity contribution in [3.63, 3.8) is 0 Å². The zero-order chi connectivity index (χ0) is 16.3. The van der Waals surface area contributed by atoms with E-state index < -0.39 is 11.2 Å². The van der Waals surface area contributed by atoms with E-state index in [0.29, 0.717) is 5.76 Å². The second-order valence-electron chi connectivity index (χ2n) is 5.42. The van der Waals surface area contributed by atoms with Gasteiger partial charge in [-0.15, -0.1) is 0 Å². The fraction of sp³-hybridized carbons (Fsp3) is 0.375. The Labute approximate surface area is 127 Å². The molecule has 2 heterocycles. The van der Waals surface area contributed by atoms with Gasteiger partial charge in [0.25, 0.3) is 0 Å². The molecule has 0 spiro atoms. The summed E-state index contributed by atoms with van der Waals surface area (Å²) in [6.45, 7) is 5.65. The van der Waals surface area contributed by atoms with Gasteiger partial charge in [0.15, 0.2) is 5.75 Å². The Balaban J connectivity index is 2.11. The van der Waals surface area contributed by atoms with Crippen LogP contribution in [0.25, 0.3) is 0 Å². The average Bonchev–Trinajstić information content (AvgIpc) is 2.48. The summed E-state index contributed by atoms with van der Waals surface area (Å²) in [4.78, 5) is 23.7. The number of aromatic hydroxyl groups is 1. The van der Waals surface area contributed by atoms with Crippen molar-refractivity contribution in [2.24, 2.45) is 0 Å². The van der Waals surface area contributed by atoms with Crippen LogP contribution in [0.3, 0.4) is 0 Å². The quantitative estimate of drug-likeness (QED) is 0.913. The van der Waals surface area contributed by atoms with Gasteiger partial charge in [-0.3, -0.25) is 9.59 Å². The predicted molar refractivity (Wildman–Crippen MR) is 79.6 cm³/mol. The topological polar surface area (TPSA) is 89.9 Å². The molecule has 1 atom stereocenters. The molecule has 118 valence electrons. The van der Waals surface area contributed by atoms with Crippen molar-refractivity contribution in [2.75, 3.05) is 6.61 Å². The number of ether oxygens (including phenoxy) is 1. The van der Waals surface area contributed by atoms with Crippen molar-refractivity contribution in [2.45, 2.75) is 32.6 Å². The molecule has 2 rings (SSSR count). The maximum absolute atomic E-state index is 11.9. The number of rotatable bonds is 5. The lowest BCUT2D eigenvalue weighted by atomic mass is 10.0. The van der Waals surface area contributed by atoms with E-state index in [0.717, 1.165) is 6.26 Å². The van der Waals surface area contributed by atoms with E-state index in [-0.39, 0.29) is 35.2 Å². The predicted octanol–water partition coefficient (Wildman–Crippen LogP) is 2.60. The molecule has 2 aromatic heterocycles. The van der Waals surface area contributed by atoms with Crippen molar-refractivity contribution in [3.8, 4) is 11.5 Å². The maximum atomic E-state index is 11.9. The highest BCUT2D eigenvalue weighted by atomic mass is 16.5. The molecule has 0 aliphatic carbocycles. The van der Waals surface area contributed by atoms with E-state index >= 15 is 0 Å². The fourth-order valence-electron chi connectivity index (χ4n) is 1.89. The van der Waals surface area contributed by atoms with Crippen LogP contribution in [0, 0.1) is 0 Å². The molecular formula is C16H18O6. The van der Waals surface area contributed by atoms with Crippen LogP contribution in [0.2, 0.25) is 0 Å². The van der Waals surface area contributed by atoms with Gasteiger partial charge in [0, 0.05) is 23.5 Å². The van der Waals surface area contributed by atoms with Crippen LogP contribution in [0.15, 0.2) is 43.3 Å². The van der Waals surface area contributed by atoms with E-state index in [1.807, 2.05) is 13.8 Å². The minimum Gasteiger partial charge on any atom is -0.502 e. The van der Waals surface area contributed by atoms with Crippen LogP contribution in [-0.4, -0.2) is 11.7 Å². The Morgan fingerprint density at radius 3 is 2.55 bits per heavy atom. The van der Waals surface area contributed by atoms with Crippen LogP contribution in [0.5, 0.6) is 11.5 Å². The molecule has 0 aromatic carbocycles. The van der Waals surface area contributed by atoms with Gasteiger partial charge < -0.3 is 18.7 Å². The third-order valence-electron chi connectivity index (χ3n) is 3.28. The highest BCUT2D eigenvalue weighted by Crippen LogP contribution is 2.18. The first-order valence-electron chi connectivity index (χ1n) is 6.95. The van der Waals surface area contributed by atoms with Crippen molar-refractivity contribution in [1.29, 1.82) is 0 Å². The van der Waals surface area contributed by atoms with Crippen LogP contribution in [0.1, 0.15) is 43.9 Å². The maximum Gasteiger partial charge on any atom is 0.230 e. The first-order chi connectivity index (χ1) is 10.4. The van der Waals surface area contributed by atoms with Crippen molar-refractivity contribution in [1.82, 2.24) is 0 Å². The van der Waals surface area contributed by atoms with E-state index in [1.165, 1.54) is 18.6 Å². The lowest BCUT2D eigenvalue weighted by Crippen LogP contribution is -2.18. The summed E-state index contributed by atoms with van der Waals surface area (Å²) in [5.41, 5.74) is -0.502. The first kappa shape index (κ1) is 15.9. The molecule has 6 heteroatoms. The van der Waals surface area contributed by atoms with Gasteiger partial charge in [-0.1, -0.05) is 20.8 Å². The molecule has 0 fully saturated rings. The SMILES string of the molecule is CC(C)c1cc(=O)c(OCC(C)c2cocc(O)c2=O)co1. The molecule has 0 saturated carbocycles. The largest absolute Gasteiger partial charge is 0.502 e. The normalized spacial score (nSPS) is 12.4. The number of hydrogen-bond donors (Lipinski definition) is 1. The highest BCUT2D eigenvalue weighted by molar-refractivity contribution is 5.24. The molecule has 0 saturated heterocycles. The molecule has 0 aliphatic rings. The zero-order valence-electron chi connectivity index (χ0n) is 12.7. The van der Waals surface area contributed by atoms with Gasteiger partial charge in [0.05, 0.1) is 12.9 Å². The molecule has 22 heavy (non-hydrogen) atoms. The molecular weight excluding hydrogens is 288 g/mol. The molecule has 2 aromatic rings. The summed E-state index contributed by atoms with van der Waals surface area (Å²) < 4.78 is 15.6. The van der Waals surface area contributed by atoms with Crippen LogP contribution < -0.4 is 15.6 Å². The van der Waals surface area contributed by atoms with Crippen LogP contribution in [0.4, 0.5) is 0 Å². The lowest BCUT2D eigenvalue weighted by Gasteiger charge is -2.12. The van der Waals surface area contributed by atoms with Gasteiger partial charge in [0.1, 0.15) is 18.3 Å². The third-order valence-corrected chi connectivity index (χ3v) is 3.28. The van der Waals surface area contributed by atoms with Crippen molar-refractivity contribution in [3.05, 3.63) is 56.6 Å². The average molecular weight is 306 g/mol. The summed E-state index contributed by atoms with van der Waals surface area (Å²) >= 11 is 0. The first-order valence-corrected chi connectivity index (χ1v) is 6.95. The summed E-state index contributed by atoms with van der Waals surface area (Å²) in [5, 5.41) is 9.35. The Hall–Kier alpha value is -2.50. The summed E-state index contributed by atoms with van der Waals surface area (Å²) in [6, 6.07) is 1.40. The molecule has 0 aliphatic heterocycles. The van der Waals surface area contributed by atoms with Crippen LogP contribution in [-0.2, 0) is 0 Å². The van der Waals surface area contributed by atoms with E-state index in [4.69, 9.17) is 13.6 Å². The van der Waals surface area contributed by atoms with Gasteiger partial charge in [-0.2, -0.15) is 0 Å². The number of hydrogen-bond acceptors (Lipinski definition) is 6. The van der Waals surface area contributed by atoms with Gasteiger partial charge in [0.2, 0.25) is 16.6 Å². The highest BCUT2D eigenvalue weighted by Gasteiger charge is 2.15. The molecule has 0 bridgehead atoms. The standard InChI is InChI=1S/C16H18O6/c1-9(2)14-4-12(17)15(8-22-14)21-5-10(3)11-6-20-7-13(18)16(11)19/h4,6-10,18H,5H2,1-3H3. The Morgan fingerprint density at radius 1 is 1.18 bits per heavy atom. The molecule has 0 radical (unpaired) electrons. The van der Waals surface area contributed by atoms with E-state index in [9.17, 15) is 14.7 Å². The summed E-state index contributed by atoms with van der Waals surface area (Å²) in [7, 11) is 0. The van der Waals surface area contributed by atoms with Crippen molar-refractivity contribution < 1.29 is 18.7 Å². The third kappa shape index (κ3) is 3.39. The Morgan fingerprint density at radius 2 is 1.91 bits per heavy atom. The minimum atomic E-state index is -0.510. The summed E-state index contributed by atoms with van der Waals surface area (Å²) in [6.07, 6.45) is 3.51. The lowest BCUT2D eigenvalue weighted by molar-refractivity contribution is 0.278. The zero-order valence-corrected chi connectivity index (χ0v) is 12.7.